The fourth-order valence-electron chi connectivity index (χ4n) is 2.17. The van der Waals surface area contributed by atoms with E-state index in [-0.39, 0.29) is 0 Å². The number of hydrogen-bond acceptors (Lipinski definition) is 1. The largest absolute Gasteiger partial charge is 0.472 e. The molecule has 82 valence electrons. The Morgan fingerprint density at radius 1 is 1.27 bits per heavy atom. The summed E-state index contributed by atoms with van der Waals surface area (Å²) < 4.78 is 5.88. The van der Waals surface area contributed by atoms with Crippen molar-refractivity contribution in [1.82, 2.24) is 0 Å². The van der Waals surface area contributed by atoms with Gasteiger partial charge in [-0.2, -0.15) is 0 Å². The van der Waals surface area contributed by atoms with Crippen molar-refractivity contribution in [2.75, 3.05) is 0 Å². The van der Waals surface area contributed by atoms with Crippen LogP contribution in [0.4, 0.5) is 0 Å². The number of ether oxygens (including phenoxy) is 1. The van der Waals surface area contributed by atoms with E-state index in [1.807, 2.05) is 6.92 Å². The lowest BCUT2D eigenvalue weighted by atomic mass is 9.93. The van der Waals surface area contributed by atoms with Gasteiger partial charge in [0.1, 0.15) is 5.75 Å². The second-order valence-corrected chi connectivity index (χ2v) is 5.45. The molecule has 0 N–H and O–H groups in total. The van der Waals surface area contributed by atoms with Crippen molar-refractivity contribution in [2.45, 2.75) is 45.6 Å². The van der Waals surface area contributed by atoms with Crippen LogP contribution in [0.25, 0.3) is 0 Å². The molecule has 1 atom stereocenters. The fraction of sp³-hybridized carbons (Fsp3) is 0.538. The zero-order chi connectivity index (χ0) is 11.2. The van der Waals surface area contributed by atoms with Gasteiger partial charge in [0.2, 0.25) is 0 Å². The molecule has 1 aromatic carbocycles. The normalized spacial score (nSPS) is 24.6. The van der Waals surface area contributed by atoms with Crippen molar-refractivity contribution in [1.29, 1.82) is 0 Å². The Morgan fingerprint density at radius 3 is 2.60 bits per heavy atom. The van der Waals surface area contributed by atoms with E-state index in [4.69, 9.17) is 16.3 Å². The van der Waals surface area contributed by atoms with Crippen LogP contribution < -0.4 is 4.74 Å². The van der Waals surface area contributed by atoms with E-state index >= 15 is 0 Å². The maximum atomic E-state index is 6.25. The summed E-state index contributed by atoms with van der Waals surface area (Å²) in [6.45, 7) is 8.30. The molecule has 0 saturated heterocycles. The molecule has 1 aromatic rings. The Kier molecular flexibility index (Phi) is 2.46. The van der Waals surface area contributed by atoms with E-state index in [1.165, 1.54) is 22.3 Å². The number of benzene rings is 1. The van der Waals surface area contributed by atoms with Crippen molar-refractivity contribution < 1.29 is 4.74 Å². The molecular weight excluding hydrogens is 208 g/mol. The van der Waals surface area contributed by atoms with Crippen molar-refractivity contribution >= 4 is 11.6 Å². The highest BCUT2D eigenvalue weighted by Crippen LogP contribution is 2.40. The van der Waals surface area contributed by atoms with Gasteiger partial charge in [-0.25, -0.2) is 0 Å². The van der Waals surface area contributed by atoms with E-state index in [2.05, 4.69) is 26.8 Å². The molecule has 0 spiro atoms. The number of rotatable bonds is 0. The summed E-state index contributed by atoms with van der Waals surface area (Å²) in [6.07, 6.45) is 1.90. The van der Waals surface area contributed by atoms with Crippen LogP contribution in [0.3, 0.4) is 0 Å². The average molecular weight is 225 g/mol. The van der Waals surface area contributed by atoms with Crippen LogP contribution in [0.2, 0.25) is 0 Å². The summed E-state index contributed by atoms with van der Waals surface area (Å²) in [7, 11) is 0. The molecular formula is C13H17ClO. The van der Waals surface area contributed by atoms with E-state index in [1.54, 1.807) is 0 Å². The summed E-state index contributed by atoms with van der Waals surface area (Å²) in [4.78, 5) is 0. The molecule has 0 amide bonds. The Labute approximate surface area is 96.4 Å². The number of fused-ring (bicyclic) bond motifs is 1. The van der Waals surface area contributed by atoms with Crippen LogP contribution in [-0.4, -0.2) is 5.06 Å². The molecule has 0 saturated carbocycles. The van der Waals surface area contributed by atoms with Gasteiger partial charge in [-0.15, -0.1) is 0 Å². The monoisotopic (exact) mass is 224 g/mol. The summed E-state index contributed by atoms with van der Waals surface area (Å²) in [5.41, 5.74) is 5.15. The third kappa shape index (κ3) is 1.85. The number of halogens is 1. The van der Waals surface area contributed by atoms with Crippen molar-refractivity contribution in [3.05, 3.63) is 28.3 Å². The molecule has 1 aliphatic rings. The zero-order valence-corrected chi connectivity index (χ0v) is 10.5. The van der Waals surface area contributed by atoms with Gasteiger partial charge < -0.3 is 4.74 Å². The van der Waals surface area contributed by atoms with Crippen LogP contribution in [0.1, 0.15) is 35.6 Å². The van der Waals surface area contributed by atoms with Gasteiger partial charge in [-0.3, -0.25) is 0 Å². The topological polar surface area (TPSA) is 9.23 Å². The molecule has 2 rings (SSSR count). The van der Waals surface area contributed by atoms with Gasteiger partial charge in [0.05, 0.1) is 0 Å². The lowest BCUT2D eigenvalue weighted by Gasteiger charge is -2.33. The molecule has 0 aliphatic carbocycles. The highest BCUT2D eigenvalue weighted by Gasteiger charge is 2.31. The zero-order valence-electron chi connectivity index (χ0n) is 9.78. The summed E-state index contributed by atoms with van der Waals surface area (Å²) in [6, 6.07) is 2.23. The molecule has 1 nitrogen and oxygen atoms in total. The minimum Gasteiger partial charge on any atom is -0.472 e. The third-order valence-corrected chi connectivity index (χ3v) is 3.52. The third-order valence-electron chi connectivity index (χ3n) is 3.25. The molecule has 0 fully saturated rings. The Balaban J connectivity index is 2.58. The fourth-order valence-corrected chi connectivity index (χ4v) is 2.34. The maximum Gasteiger partial charge on any atom is 0.180 e. The average Bonchev–Trinajstić information content (AvgIpc) is 2.13. The maximum absolute atomic E-state index is 6.25. The van der Waals surface area contributed by atoms with Gasteiger partial charge >= 0.3 is 0 Å². The van der Waals surface area contributed by atoms with E-state index in [9.17, 15) is 0 Å². The first kappa shape index (κ1) is 10.8. The first-order valence-electron chi connectivity index (χ1n) is 5.38. The SMILES string of the molecule is Cc1cc(C)c2c(c1C)OC(C)(Cl)CC2. The molecule has 1 aliphatic heterocycles. The molecule has 1 unspecified atom stereocenters. The Morgan fingerprint density at radius 2 is 1.93 bits per heavy atom. The predicted molar refractivity (Wildman–Crippen MR) is 63.9 cm³/mol. The minimum absolute atomic E-state index is 0.530. The van der Waals surface area contributed by atoms with Crippen LogP contribution in [0.15, 0.2) is 6.07 Å². The second-order valence-electron chi connectivity index (χ2n) is 4.65. The van der Waals surface area contributed by atoms with E-state index in [0.29, 0.717) is 0 Å². The second kappa shape index (κ2) is 3.41. The smallest absolute Gasteiger partial charge is 0.180 e. The van der Waals surface area contributed by atoms with Gasteiger partial charge in [0.15, 0.2) is 5.06 Å². The van der Waals surface area contributed by atoms with Crippen LogP contribution in [-0.2, 0) is 6.42 Å². The number of alkyl halides is 1. The van der Waals surface area contributed by atoms with Crippen molar-refractivity contribution in [3.8, 4) is 5.75 Å². The first-order chi connectivity index (χ1) is 6.91. The molecule has 1 heterocycles. The molecule has 2 heteroatoms. The highest BCUT2D eigenvalue weighted by molar-refractivity contribution is 6.22. The van der Waals surface area contributed by atoms with Crippen molar-refractivity contribution in [3.63, 3.8) is 0 Å². The molecule has 0 aromatic heterocycles. The van der Waals surface area contributed by atoms with Crippen LogP contribution in [0, 0.1) is 20.8 Å². The molecule has 0 radical (unpaired) electrons. The number of aryl methyl sites for hydroxylation is 2. The van der Waals surface area contributed by atoms with Crippen LogP contribution in [0.5, 0.6) is 5.75 Å². The lowest BCUT2D eigenvalue weighted by molar-refractivity contribution is 0.148. The van der Waals surface area contributed by atoms with Gasteiger partial charge in [0, 0.05) is 6.42 Å². The molecule has 0 bridgehead atoms. The Bertz CT molecular complexity index is 407. The van der Waals surface area contributed by atoms with Crippen molar-refractivity contribution in [2.24, 2.45) is 0 Å². The van der Waals surface area contributed by atoms with Gasteiger partial charge in [0.25, 0.3) is 0 Å². The van der Waals surface area contributed by atoms with Gasteiger partial charge in [-0.1, -0.05) is 17.7 Å². The predicted octanol–water partition coefficient (Wildman–Crippen LogP) is 3.89. The van der Waals surface area contributed by atoms with E-state index < -0.39 is 5.06 Å². The summed E-state index contributed by atoms with van der Waals surface area (Å²) in [5, 5.41) is -0.530. The number of hydrogen-bond donors (Lipinski definition) is 0. The quantitative estimate of drug-likeness (QED) is 0.608. The first-order valence-corrected chi connectivity index (χ1v) is 5.76. The lowest BCUT2D eigenvalue weighted by Crippen LogP contribution is -2.30. The van der Waals surface area contributed by atoms with Crippen LogP contribution >= 0.6 is 11.6 Å². The van der Waals surface area contributed by atoms with E-state index in [0.717, 1.165) is 18.6 Å². The Hall–Kier alpha value is -0.690. The van der Waals surface area contributed by atoms with Gasteiger partial charge in [-0.05, 0) is 56.4 Å². The summed E-state index contributed by atoms with van der Waals surface area (Å²) >= 11 is 6.25. The summed E-state index contributed by atoms with van der Waals surface area (Å²) in [5.74, 6) is 1.01. The molecule has 15 heavy (non-hydrogen) atoms. The highest BCUT2D eigenvalue weighted by atomic mass is 35.5. The minimum atomic E-state index is -0.530. The standard InChI is InChI=1S/C13H17ClO/c1-8-7-9(2)11-5-6-13(4,14)15-12(11)10(8)3/h7H,5-6H2,1-4H3.